The Balaban J connectivity index is 2.22. The molecule has 1 atom stereocenters. The molecule has 20 heavy (non-hydrogen) atoms. The largest absolute Gasteiger partial charge is 0.481 e. The molecule has 1 aliphatic rings. The summed E-state index contributed by atoms with van der Waals surface area (Å²) >= 11 is 0. The Labute approximate surface area is 117 Å². The number of likely N-dealkylation sites (tertiary alicyclic amines) is 1. The predicted molar refractivity (Wildman–Crippen MR) is 71.6 cm³/mol. The third-order valence-corrected chi connectivity index (χ3v) is 3.36. The molecular weight excluding hydrogens is 258 g/mol. The fraction of sp³-hybridized carbons (Fsp3) is 0.500. The highest BCUT2D eigenvalue weighted by Gasteiger charge is 2.26. The third kappa shape index (κ3) is 2.82. The lowest BCUT2D eigenvalue weighted by atomic mass is 9.99. The first kappa shape index (κ1) is 14.1. The number of methoxy groups -OCH3 is 2. The summed E-state index contributed by atoms with van der Waals surface area (Å²) in [6, 6.07) is 5.49. The zero-order chi connectivity index (χ0) is 14.5. The molecule has 0 bridgehead atoms. The van der Waals surface area contributed by atoms with E-state index in [0.29, 0.717) is 24.5 Å². The number of aromatic nitrogens is 1. The number of pyridine rings is 1. The van der Waals surface area contributed by atoms with E-state index in [0.717, 1.165) is 12.8 Å². The van der Waals surface area contributed by atoms with Crippen LogP contribution in [-0.2, 0) is 0 Å². The molecule has 6 nitrogen and oxygen atoms in total. The number of carbonyl (C=O) groups is 1. The summed E-state index contributed by atoms with van der Waals surface area (Å²) in [5, 5.41) is 8.99. The van der Waals surface area contributed by atoms with Crippen molar-refractivity contribution in [2.24, 2.45) is 5.92 Å². The maximum atomic E-state index is 12.5. The second-order valence-electron chi connectivity index (χ2n) is 4.63. The minimum absolute atomic E-state index is 0.0927. The molecule has 2 heterocycles. The molecule has 0 unspecified atom stereocenters. The Bertz CT molecular complexity index is 539. The fourth-order valence-corrected chi connectivity index (χ4v) is 2.29. The van der Waals surface area contributed by atoms with Crippen LogP contribution >= 0.6 is 0 Å². The van der Waals surface area contributed by atoms with Crippen molar-refractivity contribution in [1.29, 1.82) is 5.26 Å². The van der Waals surface area contributed by atoms with E-state index < -0.39 is 0 Å². The van der Waals surface area contributed by atoms with Crippen LogP contribution in [0.4, 0.5) is 0 Å². The number of amides is 1. The molecular formula is C14H17N3O3. The van der Waals surface area contributed by atoms with Crippen LogP contribution in [0.15, 0.2) is 12.1 Å². The zero-order valence-corrected chi connectivity index (χ0v) is 11.6. The molecule has 1 amide bonds. The van der Waals surface area contributed by atoms with Crippen LogP contribution in [0.2, 0.25) is 0 Å². The molecule has 0 aromatic carbocycles. The molecule has 6 heteroatoms. The van der Waals surface area contributed by atoms with Crippen molar-refractivity contribution < 1.29 is 14.3 Å². The van der Waals surface area contributed by atoms with Gasteiger partial charge in [-0.05, 0) is 18.9 Å². The Hall–Kier alpha value is -2.29. The first-order valence-electron chi connectivity index (χ1n) is 6.47. The lowest BCUT2D eigenvalue weighted by Crippen LogP contribution is -2.39. The van der Waals surface area contributed by atoms with E-state index in [-0.39, 0.29) is 17.7 Å². The minimum atomic E-state index is -0.156. The minimum Gasteiger partial charge on any atom is -0.481 e. The van der Waals surface area contributed by atoms with Gasteiger partial charge in [0, 0.05) is 19.2 Å². The Morgan fingerprint density at radius 2 is 2.25 bits per heavy atom. The molecule has 0 saturated carbocycles. The van der Waals surface area contributed by atoms with Crippen molar-refractivity contribution in [3.8, 4) is 17.8 Å². The van der Waals surface area contributed by atoms with E-state index in [1.807, 2.05) is 0 Å². The number of carbonyl (C=O) groups excluding carboxylic acids is 1. The van der Waals surface area contributed by atoms with Gasteiger partial charge < -0.3 is 14.4 Å². The van der Waals surface area contributed by atoms with Gasteiger partial charge in [0.1, 0.15) is 5.56 Å². The van der Waals surface area contributed by atoms with Crippen LogP contribution in [0, 0.1) is 17.2 Å². The molecule has 0 spiro atoms. The van der Waals surface area contributed by atoms with E-state index in [1.165, 1.54) is 14.2 Å². The van der Waals surface area contributed by atoms with Crippen LogP contribution in [0.3, 0.4) is 0 Å². The van der Waals surface area contributed by atoms with Crippen molar-refractivity contribution >= 4 is 5.91 Å². The van der Waals surface area contributed by atoms with Crippen LogP contribution in [0.25, 0.3) is 0 Å². The topological polar surface area (TPSA) is 75.5 Å². The van der Waals surface area contributed by atoms with Gasteiger partial charge in [-0.25, -0.2) is 0 Å². The molecule has 1 fully saturated rings. The van der Waals surface area contributed by atoms with E-state index in [9.17, 15) is 4.79 Å². The van der Waals surface area contributed by atoms with Crippen LogP contribution < -0.4 is 9.47 Å². The van der Waals surface area contributed by atoms with E-state index in [4.69, 9.17) is 14.7 Å². The van der Waals surface area contributed by atoms with Gasteiger partial charge in [0.25, 0.3) is 5.91 Å². The zero-order valence-electron chi connectivity index (χ0n) is 11.6. The normalized spacial score (nSPS) is 18.2. The van der Waals surface area contributed by atoms with Gasteiger partial charge >= 0.3 is 0 Å². The molecule has 1 aromatic rings. The number of nitriles is 1. The van der Waals surface area contributed by atoms with Gasteiger partial charge in [0.15, 0.2) is 0 Å². The lowest BCUT2D eigenvalue weighted by Gasteiger charge is -2.29. The number of hydrogen-bond acceptors (Lipinski definition) is 5. The fourth-order valence-electron chi connectivity index (χ4n) is 2.29. The van der Waals surface area contributed by atoms with Crippen molar-refractivity contribution in [2.75, 3.05) is 27.3 Å². The number of piperidine rings is 1. The van der Waals surface area contributed by atoms with Crippen LogP contribution in [0.1, 0.15) is 23.2 Å². The summed E-state index contributed by atoms with van der Waals surface area (Å²) in [6.07, 6.45) is 1.69. The third-order valence-electron chi connectivity index (χ3n) is 3.36. The first-order valence-corrected chi connectivity index (χ1v) is 6.47. The van der Waals surface area contributed by atoms with Crippen molar-refractivity contribution in [3.63, 3.8) is 0 Å². The average molecular weight is 275 g/mol. The number of nitrogens with zero attached hydrogens (tertiary/aromatic N) is 3. The van der Waals surface area contributed by atoms with Crippen LogP contribution in [0.5, 0.6) is 11.8 Å². The highest BCUT2D eigenvalue weighted by Crippen LogP contribution is 2.24. The summed E-state index contributed by atoms with van der Waals surface area (Å²) in [5.41, 5.74) is 0.395. The average Bonchev–Trinajstić information content (AvgIpc) is 2.53. The van der Waals surface area contributed by atoms with Gasteiger partial charge in [-0.15, -0.1) is 0 Å². The molecule has 1 aliphatic heterocycles. The standard InChI is InChI=1S/C14H17N3O3/c1-19-12-6-5-11(13(16-12)20-2)14(18)17-7-3-4-10(8-15)9-17/h5-6,10H,3-4,7,9H2,1-2H3/t10-/m1/s1. The maximum absolute atomic E-state index is 12.5. The van der Waals surface area contributed by atoms with Crippen LogP contribution in [-0.4, -0.2) is 43.1 Å². The lowest BCUT2D eigenvalue weighted by molar-refractivity contribution is 0.0694. The number of rotatable bonds is 3. The highest BCUT2D eigenvalue weighted by atomic mass is 16.5. The van der Waals surface area contributed by atoms with Crippen molar-refractivity contribution in [1.82, 2.24) is 9.88 Å². The second-order valence-corrected chi connectivity index (χ2v) is 4.63. The molecule has 0 N–H and O–H groups in total. The first-order chi connectivity index (χ1) is 9.69. The smallest absolute Gasteiger partial charge is 0.259 e. The monoisotopic (exact) mass is 275 g/mol. The van der Waals surface area contributed by atoms with E-state index in [1.54, 1.807) is 17.0 Å². The van der Waals surface area contributed by atoms with Gasteiger partial charge in [-0.3, -0.25) is 4.79 Å². The molecule has 0 aliphatic carbocycles. The summed E-state index contributed by atoms with van der Waals surface area (Å²) in [4.78, 5) is 18.3. The number of hydrogen-bond donors (Lipinski definition) is 0. The van der Waals surface area contributed by atoms with Gasteiger partial charge in [-0.1, -0.05) is 0 Å². The maximum Gasteiger partial charge on any atom is 0.259 e. The van der Waals surface area contributed by atoms with Gasteiger partial charge in [0.05, 0.1) is 26.2 Å². The van der Waals surface area contributed by atoms with Crippen molar-refractivity contribution in [3.05, 3.63) is 17.7 Å². The molecule has 106 valence electrons. The molecule has 1 saturated heterocycles. The molecule has 0 radical (unpaired) electrons. The predicted octanol–water partition coefficient (Wildman–Crippen LogP) is 1.47. The van der Waals surface area contributed by atoms with E-state index in [2.05, 4.69) is 11.1 Å². The number of ether oxygens (including phenoxy) is 2. The summed E-state index contributed by atoms with van der Waals surface area (Å²) in [6.45, 7) is 1.12. The highest BCUT2D eigenvalue weighted by molar-refractivity contribution is 5.96. The van der Waals surface area contributed by atoms with Gasteiger partial charge in [-0.2, -0.15) is 10.2 Å². The summed E-state index contributed by atoms with van der Waals surface area (Å²) in [7, 11) is 2.97. The summed E-state index contributed by atoms with van der Waals surface area (Å²) in [5.74, 6) is 0.391. The summed E-state index contributed by atoms with van der Waals surface area (Å²) < 4.78 is 10.2. The Morgan fingerprint density at radius 3 is 2.90 bits per heavy atom. The molecule has 2 rings (SSSR count). The van der Waals surface area contributed by atoms with Crippen molar-refractivity contribution in [2.45, 2.75) is 12.8 Å². The quantitative estimate of drug-likeness (QED) is 0.835. The Morgan fingerprint density at radius 1 is 1.45 bits per heavy atom. The SMILES string of the molecule is COc1ccc(C(=O)N2CCC[C@H](C#N)C2)c(OC)n1. The van der Waals surface area contributed by atoms with E-state index >= 15 is 0 Å². The Kier molecular flexibility index (Phi) is 4.41. The van der Waals surface area contributed by atoms with Gasteiger partial charge in [0.2, 0.25) is 11.8 Å². The second kappa shape index (κ2) is 6.24. The molecule has 1 aromatic heterocycles.